The number of halogens is 2. The van der Waals surface area contributed by atoms with Crippen molar-refractivity contribution in [3.05, 3.63) is 57.1 Å². The van der Waals surface area contributed by atoms with Crippen LogP contribution in [0.1, 0.15) is 16.8 Å². The summed E-state index contributed by atoms with van der Waals surface area (Å²) in [6.45, 7) is 1.28. The lowest BCUT2D eigenvalue weighted by Crippen LogP contribution is -2.31. The SMILES string of the molecule is O=C(c1ccc(Br)cc1)N1CCC(Oc2ncccc2Br)C1. The molecule has 3 rings (SSSR count). The Kier molecular flexibility index (Phi) is 4.78. The van der Waals surface area contributed by atoms with Crippen molar-refractivity contribution in [1.82, 2.24) is 9.88 Å². The molecule has 1 amide bonds. The van der Waals surface area contributed by atoms with E-state index in [1.165, 1.54) is 0 Å². The van der Waals surface area contributed by atoms with Crippen LogP contribution in [0.3, 0.4) is 0 Å². The Morgan fingerprint density at radius 1 is 1.23 bits per heavy atom. The monoisotopic (exact) mass is 424 g/mol. The summed E-state index contributed by atoms with van der Waals surface area (Å²) in [5, 5.41) is 0. The third-order valence-corrected chi connectivity index (χ3v) is 4.66. The molecule has 1 aliphatic rings. The zero-order valence-corrected chi connectivity index (χ0v) is 14.9. The summed E-state index contributed by atoms with van der Waals surface area (Å²) in [7, 11) is 0. The van der Waals surface area contributed by atoms with E-state index in [0.717, 1.165) is 15.4 Å². The van der Waals surface area contributed by atoms with Crippen LogP contribution >= 0.6 is 31.9 Å². The minimum Gasteiger partial charge on any atom is -0.472 e. The van der Waals surface area contributed by atoms with E-state index >= 15 is 0 Å². The first kappa shape index (κ1) is 15.5. The number of amides is 1. The molecule has 1 aromatic heterocycles. The van der Waals surface area contributed by atoms with Crippen LogP contribution in [0.5, 0.6) is 5.88 Å². The minimum absolute atomic E-state index is 0.0226. The van der Waals surface area contributed by atoms with E-state index in [-0.39, 0.29) is 12.0 Å². The standard InChI is InChI=1S/C16H14Br2N2O2/c17-12-5-3-11(4-6-12)16(21)20-9-7-13(10-20)22-15-14(18)2-1-8-19-15/h1-6,8,13H,7,9-10H2. The molecule has 6 heteroatoms. The molecule has 1 aromatic carbocycles. The van der Waals surface area contributed by atoms with Gasteiger partial charge in [-0.15, -0.1) is 0 Å². The molecule has 1 atom stereocenters. The lowest BCUT2D eigenvalue weighted by molar-refractivity contribution is 0.0771. The predicted octanol–water partition coefficient (Wildman–Crippen LogP) is 3.90. The number of hydrogen-bond acceptors (Lipinski definition) is 3. The molecule has 1 saturated heterocycles. The lowest BCUT2D eigenvalue weighted by atomic mass is 10.2. The second-order valence-corrected chi connectivity index (χ2v) is 6.85. The van der Waals surface area contributed by atoms with Gasteiger partial charge in [-0.05, 0) is 52.3 Å². The van der Waals surface area contributed by atoms with Crippen LogP contribution in [0.2, 0.25) is 0 Å². The average molecular weight is 426 g/mol. The smallest absolute Gasteiger partial charge is 0.253 e. The van der Waals surface area contributed by atoms with E-state index in [1.54, 1.807) is 6.20 Å². The highest BCUT2D eigenvalue weighted by atomic mass is 79.9. The van der Waals surface area contributed by atoms with E-state index < -0.39 is 0 Å². The van der Waals surface area contributed by atoms with Crippen LogP contribution in [0.4, 0.5) is 0 Å². The number of nitrogens with zero attached hydrogens (tertiary/aromatic N) is 2. The summed E-state index contributed by atoms with van der Waals surface area (Å²) in [6.07, 6.45) is 2.48. The molecule has 0 spiro atoms. The Bertz CT molecular complexity index is 676. The number of carbonyl (C=O) groups excluding carboxylic acids is 1. The summed E-state index contributed by atoms with van der Waals surface area (Å²) in [5.41, 5.74) is 0.697. The summed E-state index contributed by atoms with van der Waals surface area (Å²) >= 11 is 6.79. The van der Waals surface area contributed by atoms with Crippen LogP contribution in [-0.2, 0) is 0 Å². The number of likely N-dealkylation sites (tertiary alicyclic amines) is 1. The average Bonchev–Trinajstić information content (AvgIpc) is 2.98. The van der Waals surface area contributed by atoms with Gasteiger partial charge in [0.1, 0.15) is 6.10 Å². The van der Waals surface area contributed by atoms with Crippen molar-refractivity contribution < 1.29 is 9.53 Å². The van der Waals surface area contributed by atoms with Gasteiger partial charge in [-0.2, -0.15) is 0 Å². The number of benzene rings is 1. The third-order valence-electron chi connectivity index (χ3n) is 3.53. The fraction of sp³-hybridized carbons (Fsp3) is 0.250. The zero-order valence-electron chi connectivity index (χ0n) is 11.7. The Balaban J connectivity index is 1.63. The normalized spacial score (nSPS) is 17.5. The van der Waals surface area contributed by atoms with Gasteiger partial charge in [0.05, 0.1) is 11.0 Å². The topological polar surface area (TPSA) is 42.4 Å². The Morgan fingerprint density at radius 3 is 2.73 bits per heavy atom. The molecule has 0 bridgehead atoms. The molecule has 4 nitrogen and oxygen atoms in total. The van der Waals surface area contributed by atoms with Crippen molar-refractivity contribution >= 4 is 37.8 Å². The molecule has 0 aliphatic carbocycles. The summed E-state index contributed by atoms with van der Waals surface area (Å²) < 4.78 is 7.67. The largest absolute Gasteiger partial charge is 0.472 e. The Hall–Kier alpha value is -1.40. The highest BCUT2D eigenvalue weighted by Gasteiger charge is 2.28. The fourth-order valence-corrected chi connectivity index (χ4v) is 3.01. The number of ether oxygens (including phenoxy) is 1. The van der Waals surface area contributed by atoms with Crippen LogP contribution < -0.4 is 4.74 Å². The number of rotatable bonds is 3. The molecule has 0 N–H and O–H groups in total. The summed E-state index contributed by atoms with van der Waals surface area (Å²) in [5.74, 6) is 0.615. The Labute approximate surface area is 145 Å². The molecule has 2 heterocycles. The van der Waals surface area contributed by atoms with Gasteiger partial charge < -0.3 is 9.64 Å². The minimum atomic E-state index is -0.0226. The number of aromatic nitrogens is 1. The predicted molar refractivity (Wildman–Crippen MR) is 91.0 cm³/mol. The molecule has 0 radical (unpaired) electrons. The van der Waals surface area contributed by atoms with E-state index in [2.05, 4.69) is 36.8 Å². The first-order chi connectivity index (χ1) is 10.6. The number of carbonyl (C=O) groups is 1. The van der Waals surface area contributed by atoms with E-state index in [1.807, 2.05) is 41.3 Å². The molecule has 0 saturated carbocycles. The van der Waals surface area contributed by atoms with Gasteiger partial charge in [-0.3, -0.25) is 4.79 Å². The van der Waals surface area contributed by atoms with Gasteiger partial charge in [-0.25, -0.2) is 4.98 Å². The molecule has 1 aliphatic heterocycles. The van der Waals surface area contributed by atoms with E-state index in [9.17, 15) is 4.79 Å². The highest BCUT2D eigenvalue weighted by Crippen LogP contribution is 2.25. The quantitative estimate of drug-likeness (QED) is 0.748. The van der Waals surface area contributed by atoms with Crippen molar-refractivity contribution in [1.29, 1.82) is 0 Å². The van der Waals surface area contributed by atoms with Gasteiger partial charge in [0.2, 0.25) is 5.88 Å². The van der Waals surface area contributed by atoms with Crippen molar-refractivity contribution in [3.63, 3.8) is 0 Å². The second-order valence-electron chi connectivity index (χ2n) is 5.08. The van der Waals surface area contributed by atoms with Crippen molar-refractivity contribution in [2.45, 2.75) is 12.5 Å². The molecule has 1 unspecified atom stereocenters. The maximum Gasteiger partial charge on any atom is 0.253 e. The fourth-order valence-electron chi connectivity index (χ4n) is 2.40. The first-order valence-corrected chi connectivity index (χ1v) is 8.54. The van der Waals surface area contributed by atoms with Gasteiger partial charge in [0.25, 0.3) is 5.91 Å². The zero-order chi connectivity index (χ0) is 15.5. The third kappa shape index (κ3) is 3.50. The lowest BCUT2D eigenvalue weighted by Gasteiger charge is -2.17. The van der Waals surface area contributed by atoms with Crippen LogP contribution in [0, 0.1) is 0 Å². The van der Waals surface area contributed by atoms with Crippen molar-refractivity contribution in [3.8, 4) is 5.88 Å². The maximum absolute atomic E-state index is 12.5. The van der Waals surface area contributed by atoms with Gasteiger partial charge in [-0.1, -0.05) is 15.9 Å². The van der Waals surface area contributed by atoms with Gasteiger partial charge >= 0.3 is 0 Å². The van der Waals surface area contributed by atoms with Crippen molar-refractivity contribution in [2.75, 3.05) is 13.1 Å². The number of hydrogen-bond donors (Lipinski definition) is 0. The molecule has 22 heavy (non-hydrogen) atoms. The van der Waals surface area contributed by atoms with E-state index in [4.69, 9.17) is 4.74 Å². The second kappa shape index (κ2) is 6.79. The first-order valence-electron chi connectivity index (χ1n) is 6.95. The van der Waals surface area contributed by atoms with Gasteiger partial charge in [0, 0.05) is 29.2 Å². The highest BCUT2D eigenvalue weighted by molar-refractivity contribution is 9.10. The molecular weight excluding hydrogens is 412 g/mol. The molecule has 1 fully saturated rings. The van der Waals surface area contributed by atoms with Crippen LogP contribution in [0.25, 0.3) is 0 Å². The van der Waals surface area contributed by atoms with Crippen LogP contribution in [0.15, 0.2) is 51.5 Å². The summed E-state index contributed by atoms with van der Waals surface area (Å²) in [4.78, 5) is 18.5. The molecular formula is C16H14Br2N2O2. The molecule has 114 valence electrons. The Morgan fingerprint density at radius 2 is 2.00 bits per heavy atom. The number of pyridine rings is 1. The van der Waals surface area contributed by atoms with Crippen LogP contribution in [-0.4, -0.2) is 35.0 Å². The van der Waals surface area contributed by atoms with E-state index in [0.29, 0.717) is 24.5 Å². The summed E-state index contributed by atoms with van der Waals surface area (Å²) in [6, 6.07) is 11.1. The molecule has 2 aromatic rings. The van der Waals surface area contributed by atoms with Crippen molar-refractivity contribution in [2.24, 2.45) is 0 Å². The maximum atomic E-state index is 12.5. The van der Waals surface area contributed by atoms with Gasteiger partial charge in [0.15, 0.2) is 0 Å².